The van der Waals surface area contributed by atoms with Crippen LogP contribution in [0.5, 0.6) is 5.88 Å². The van der Waals surface area contributed by atoms with E-state index in [-0.39, 0.29) is 55.1 Å². The minimum Gasteiger partial charge on any atom is -0.502 e. The number of aromatic hydroxyl groups is 1. The van der Waals surface area contributed by atoms with Gasteiger partial charge in [-0.1, -0.05) is 46.6 Å². The topological polar surface area (TPSA) is 116 Å². The standard InChI is InChI=1S/C22H12ClN5O2S.H2O.Y/c1-4-15-18(24-3)20(29)28(14-8-5-12(2)6-9-14)21(30)19(15)26-27-22-25-16-11-13(23)7-10-17(16)31-22;;/h1,5-11,29H,2H3;1H2;. The quantitative estimate of drug-likeness (QED) is 0.213. The van der Waals surface area contributed by atoms with E-state index in [2.05, 4.69) is 26.0 Å². The Morgan fingerprint density at radius 2 is 1.94 bits per heavy atom. The second-order valence-electron chi connectivity index (χ2n) is 6.44. The molecule has 4 aromatic rings. The summed E-state index contributed by atoms with van der Waals surface area (Å²) in [6.45, 7) is 9.33. The van der Waals surface area contributed by atoms with Crippen molar-refractivity contribution in [2.45, 2.75) is 6.92 Å². The molecule has 0 unspecified atom stereocenters. The summed E-state index contributed by atoms with van der Waals surface area (Å²) < 4.78 is 1.83. The van der Waals surface area contributed by atoms with Gasteiger partial charge >= 0.3 is 0 Å². The Kier molecular flexibility index (Phi) is 8.62. The summed E-state index contributed by atoms with van der Waals surface area (Å²) in [7, 11) is 0. The first kappa shape index (κ1) is 26.3. The van der Waals surface area contributed by atoms with Crippen LogP contribution in [0.1, 0.15) is 11.1 Å². The molecule has 0 saturated heterocycles. The van der Waals surface area contributed by atoms with E-state index >= 15 is 0 Å². The Labute approximate surface area is 222 Å². The van der Waals surface area contributed by atoms with Gasteiger partial charge in [0.25, 0.3) is 11.2 Å². The Morgan fingerprint density at radius 1 is 1.24 bits per heavy atom. The number of fused-ring (bicyclic) bond motifs is 1. The van der Waals surface area contributed by atoms with Gasteiger partial charge in [0.2, 0.25) is 11.0 Å². The molecule has 2 heterocycles. The zero-order chi connectivity index (χ0) is 22.1. The predicted molar refractivity (Wildman–Crippen MR) is 125 cm³/mol. The number of thiazole rings is 1. The normalized spacial score (nSPS) is 10.3. The Morgan fingerprint density at radius 3 is 2.58 bits per heavy atom. The summed E-state index contributed by atoms with van der Waals surface area (Å²) in [5.41, 5.74) is 0.666. The molecule has 0 amide bonds. The van der Waals surface area contributed by atoms with E-state index in [4.69, 9.17) is 24.6 Å². The third-order valence-electron chi connectivity index (χ3n) is 4.43. The number of pyridine rings is 1. The molecule has 4 rings (SSSR count). The van der Waals surface area contributed by atoms with Crippen LogP contribution in [-0.2, 0) is 32.7 Å². The van der Waals surface area contributed by atoms with E-state index < -0.39 is 11.4 Å². The number of hydrogen-bond acceptors (Lipinski definition) is 6. The van der Waals surface area contributed by atoms with E-state index in [1.165, 1.54) is 11.3 Å². The second-order valence-corrected chi connectivity index (χ2v) is 7.88. The third kappa shape index (κ3) is 5.04. The number of azo groups is 1. The summed E-state index contributed by atoms with van der Waals surface area (Å²) >= 11 is 7.25. The van der Waals surface area contributed by atoms with E-state index in [1.54, 1.807) is 36.4 Å². The number of aromatic nitrogens is 2. The van der Waals surface area contributed by atoms with Gasteiger partial charge in [0.05, 0.1) is 28.0 Å². The molecule has 11 heteroatoms. The molecule has 1 radical (unpaired) electrons. The number of nitrogens with zero attached hydrogens (tertiary/aromatic N) is 5. The summed E-state index contributed by atoms with van der Waals surface area (Å²) in [4.78, 5) is 20.8. The van der Waals surface area contributed by atoms with Crippen molar-refractivity contribution in [2.24, 2.45) is 10.2 Å². The molecule has 161 valence electrons. The Balaban J connectivity index is 0.00000193. The molecule has 3 N–H and O–H groups in total. The fraction of sp³-hybridized carbons (Fsp3) is 0.0455. The molecule has 33 heavy (non-hydrogen) atoms. The Bertz CT molecular complexity index is 1520. The molecule has 0 aliphatic rings. The average molecular weight is 553 g/mol. The van der Waals surface area contributed by atoms with Crippen LogP contribution in [0.3, 0.4) is 0 Å². The number of terminal acetylenes is 1. The van der Waals surface area contributed by atoms with Crippen molar-refractivity contribution in [3.05, 3.63) is 80.4 Å². The van der Waals surface area contributed by atoms with E-state index in [0.29, 0.717) is 21.4 Å². The van der Waals surface area contributed by atoms with Crippen LogP contribution < -0.4 is 5.56 Å². The number of hydrogen-bond donors (Lipinski definition) is 1. The molecule has 0 aliphatic carbocycles. The molecular formula is C22H14ClN5O3SY. The number of rotatable bonds is 3. The molecule has 0 fully saturated rings. The number of aryl methyl sites for hydroxylation is 1. The molecule has 0 atom stereocenters. The monoisotopic (exact) mass is 552 g/mol. The molecule has 8 nitrogen and oxygen atoms in total. The first-order chi connectivity index (χ1) is 14.9. The van der Waals surface area contributed by atoms with Crippen molar-refractivity contribution in [1.82, 2.24) is 9.55 Å². The molecule has 0 saturated carbocycles. The van der Waals surface area contributed by atoms with Gasteiger partial charge < -0.3 is 10.6 Å². The van der Waals surface area contributed by atoms with Crippen molar-refractivity contribution >= 4 is 49.7 Å². The molecule has 0 bridgehead atoms. The van der Waals surface area contributed by atoms with Crippen molar-refractivity contribution in [3.63, 3.8) is 0 Å². The minimum atomic E-state index is -0.699. The number of benzene rings is 2. The van der Waals surface area contributed by atoms with E-state index in [0.717, 1.165) is 14.8 Å². The van der Waals surface area contributed by atoms with E-state index in [9.17, 15) is 9.90 Å². The maximum atomic E-state index is 13.2. The van der Waals surface area contributed by atoms with Crippen LogP contribution in [-0.4, -0.2) is 20.1 Å². The van der Waals surface area contributed by atoms with Gasteiger partial charge in [-0.15, -0.1) is 16.7 Å². The van der Waals surface area contributed by atoms with Crippen molar-refractivity contribution in [3.8, 4) is 23.9 Å². The zero-order valence-corrected chi connectivity index (χ0v) is 21.5. The van der Waals surface area contributed by atoms with Crippen LogP contribution in [0, 0.1) is 25.8 Å². The zero-order valence-electron chi connectivity index (χ0n) is 17.1. The molecule has 2 aromatic carbocycles. The van der Waals surface area contributed by atoms with Gasteiger partial charge in [-0.05, 0) is 37.3 Å². The predicted octanol–water partition coefficient (Wildman–Crippen LogP) is 5.23. The Hall–Kier alpha value is -2.92. The third-order valence-corrected chi connectivity index (χ3v) is 5.58. The molecular weight excluding hydrogens is 539 g/mol. The van der Waals surface area contributed by atoms with Gasteiger partial charge in [0.1, 0.15) is 0 Å². The maximum Gasteiger partial charge on any atom is 0.284 e. The fourth-order valence-electron chi connectivity index (χ4n) is 2.93. The van der Waals surface area contributed by atoms with Crippen molar-refractivity contribution in [2.75, 3.05) is 0 Å². The van der Waals surface area contributed by atoms with Gasteiger partial charge in [0.15, 0.2) is 5.69 Å². The molecule has 2 aromatic heterocycles. The van der Waals surface area contributed by atoms with Crippen LogP contribution in [0.4, 0.5) is 16.5 Å². The first-order valence-electron chi connectivity index (χ1n) is 8.84. The average Bonchev–Trinajstić information content (AvgIpc) is 3.16. The summed E-state index contributed by atoms with van der Waals surface area (Å²) in [6.07, 6.45) is 5.54. The van der Waals surface area contributed by atoms with Gasteiger partial charge in [0, 0.05) is 37.7 Å². The SMILES string of the molecule is O.[C-]#[N+]c1c(C#C)c(N=Nc2nc3cc(Cl)ccc3s2)c(=O)n(-c2ccc(C)cc2)c1O.[Y]. The largest absolute Gasteiger partial charge is 0.502 e. The smallest absolute Gasteiger partial charge is 0.284 e. The summed E-state index contributed by atoms with van der Waals surface area (Å²) in [5, 5.41) is 19.5. The maximum absolute atomic E-state index is 13.2. The van der Waals surface area contributed by atoms with Crippen LogP contribution >= 0.6 is 22.9 Å². The molecule has 0 spiro atoms. The second kappa shape index (κ2) is 10.8. The molecule has 0 aliphatic heterocycles. The van der Waals surface area contributed by atoms with Crippen molar-refractivity contribution in [1.29, 1.82) is 0 Å². The van der Waals surface area contributed by atoms with Gasteiger partial charge in [-0.2, -0.15) is 0 Å². The number of halogens is 1. The van der Waals surface area contributed by atoms with Gasteiger partial charge in [-0.3, -0.25) is 9.36 Å². The van der Waals surface area contributed by atoms with Crippen LogP contribution in [0.15, 0.2) is 57.5 Å². The first-order valence-corrected chi connectivity index (χ1v) is 10.0. The van der Waals surface area contributed by atoms with E-state index in [1.807, 2.05) is 13.0 Å². The van der Waals surface area contributed by atoms with Crippen molar-refractivity contribution < 1.29 is 43.3 Å². The van der Waals surface area contributed by atoms with Crippen LogP contribution in [0.2, 0.25) is 5.02 Å². The van der Waals surface area contributed by atoms with Crippen LogP contribution in [0.25, 0.3) is 20.7 Å². The van der Waals surface area contributed by atoms with Gasteiger partial charge in [-0.25, -0.2) is 9.83 Å². The fourth-order valence-corrected chi connectivity index (χ4v) is 3.87. The summed E-state index contributed by atoms with van der Waals surface area (Å²) in [5.74, 6) is 1.73. The minimum absolute atomic E-state index is 0. The summed E-state index contributed by atoms with van der Waals surface area (Å²) in [6, 6.07) is 12.1.